The molecule has 18 heavy (non-hydrogen) atoms. The number of aliphatic hydroxyl groups is 1. The third-order valence-electron chi connectivity index (χ3n) is 3.14. The molecule has 96 valence electrons. The van der Waals surface area contributed by atoms with E-state index in [1.54, 1.807) is 0 Å². The van der Waals surface area contributed by atoms with E-state index in [-0.39, 0.29) is 11.8 Å². The minimum Gasteiger partial charge on any atom is -0.393 e. The number of aliphatic hydroxyl groups excluding tert-OH is 1. The Bertz CT molecular complexity index is 467. The largest absolute Gasteiger partial charge is 0.393 e. The van der Waals surface area contributed by atoms with Gasteiger partial charge in [-0.2, -0.15) is 0 Å². The van der Waals surface area contributed by atoms with Crippen LogP contribution in [0.15, 0.2) is 18.2 Å². The van der Waals surface area contributed by atoms with Gasteiger partial charge in [0, 0.05) is 24.7 Å². The molecule has 1 aliphatic heterocycles. The minimum atomic E-state index is -0.449. The van der Waals surface area contributed by atoms with E-state index < -0.39 is 4.92 Å². The molecule has 1 aliphatic rings. The molecule has 0 saturated carbocycles. The molecule has 0 radical (unpaired) electrons. The van der Waals surface area contributed by atoms with Crippen molar-refractivity contribution in [2.75, 3.05) is 18.0 Å². The van der Waals surface area contributed by atoms with Gasteiger partial charge in [-0.3, -0.25) is 14.9 Å². The molecular formula is C12H14N2O4. The van der Waals surface area contributed by atoms with Crippen molar-refractivity contribution in [3.63, 3.8) is 0 Å². The molecule has 1 aromatic rings. The van der Waals surface area contributed by atoms with Crippen LogP contribution in [0, 0.1) is 10.1 Å². The molecular weight excluding hydrogens is 236 g/mol. The molecule has 0 aliphatic carbocycles. The first-order valence-electron chi connectivity index (χ1n) is 5.78. The zero-order chi connectivity index (χ0) is 13.1. The molecule has 1 saturated heterocycles. The number of hydrogen-bond acceptors (Lipinski definition) is 5. The van der Waals surface area contributed by atoms with Gasteiger partial charge in [-0.25, -0.2) is 0 Å². The van der Waals surface area contributed by atoms with Crippen molar-refractivity contribution in [2.45, 2.75) is 18.9 Å². The fraction of sp³-hybridized carbons (Fsp3) is 0.417. The van der Waals surface area contributed by atoms with Gasteiger partial charge < -0.3 is 10.0 Å². The van der Waals surface area contributed by atoms with Gasteiger partial charge in [0.1, 0.15) is 12.0 Å². The molecule has 1 aromatic carbocycles. The summed E-state index contributed by atoms with van der Waals surface area (Å²) in [6.45, 7) is 1.12. The Hall–Kier alpha value is -1.95. The van der Waals surface area contributed by atoms with Crippen molar-refractivity contribution >= 4 is 17.7 Å². The van der Waals surface area contributed by atoms with E-state index in [0.29, 0.717) is 43.5 Å². The van der Waals surface area contributed by atoms with Gasteiger partial charge in [0.15, 0.2) is 0 Å². The Kier molecular flexibility index (Phi) is 3.57. The molecule has 6 nitrogen and oxygen atoms in total. The Balaban J connectivity index is 2.34. The lowest BCUT2D eigenvalue weighted by molar-refractivity contribution is -0.384. The number of nitro groups is 1. The lowest BCUT2D eigenvalue weighted by Gasteiger charge is -2.31. The lowest BCUT2D eigenvalue weighted by atomic mass is 10.1. The second kappa shape index (κ2) is 5.14. The molecule has 1 fully saturated rings. The van der Waals surface area contributed by atoms with E-state index in [1.807, 2.05) is 4.90 Å². The molecule has 0 unspecified atom stereocenters. The summed E-state index contributed by atoms with van der Waals surface area (Å²) in [7, 11) is 0. The number of carbonyl (C=O) groups is 1. The second-order valence-corrected chi connectivity index (χ2v) is 4.34. The van der Waals surface area contributed by atoms with Crippen LogP contribution in [0.2, 0.25) is 0 Å². The summed E-state index contributed by atoms with van der Waals surface area (Å²) >= 11 is 0. The predicted octanol–water partition coefficient (Wildman–Crippen LogP) is 1.37. The van der Waals surface area contributed by atoms with E-state index >= 15 is 0 Å². The highest BCUT2D eigenvalue weighted by molar-refractivity contribution is 5.80. The third kappa shape index (κ3) is 2.48. The highest BCUT2D eigenvalue weighted by Crippen LogP contribution is 2.30. The van der Waals surface area contributed by atoms with Crippen LogP contribution in [-0.4, -0.2) is 35.5 Å². The van der Waals surface area contributed by atoms with Crippen LogP contribution in [0.4, 0.5) is 11.4 Å². The van der Waals surface area contributed by atoms with Gasteiger partial charge in [-0.1, -0.05) is 0 Å². The first-order valence-corrected chi connectivity index (χ1v) is 5.78. The number of rotatable bonds is 3. The molecule has 0 amide bonds. The van der Waals surface area contributed by atoms with Crippen molar-refractivity contribution in [3.05, 3.63) is 33.9 Å². The topological polar surface area (TPSA) is 83.7 Å². The first kappa shape index (κ1) is 12.5. The second-order valence-electron chi connectivity index (χ2n) is 4.34. The maximum absolute atomic E-state index is 11.0. The summed E-state index contributed by atoms with van der Waals surface area (Å²) in [5.41, 5.74) is 0.871. The molecule has 0 aromatic heterocycles. The number of piperidine rings is 1. The van der Waals surface area contributed by atoms with Crippen molar-refractivity contribution in [3.8, 4) is 0 Å². The SMILES string of the molecule is O=Cc1ccc([N+](=O)[O-])c(N2CCC(O)CC2)c1. The van der Waals surface area contributed by atoms with Crippen LogP contribution in [0.3, 0.4) is 0 Å². The fourth-order valence-electron chi connectivity index (χ4n) is 2.13. The molecule has 0 bridgehead atoms. The lowest BCUT2D eigenvalue weighted by Crippen LogP contribution is -2.36. The summed E-state index contributed by atoms with van der Waals surface area (Å²) in [6.07, 6.45) is 1.51. The maximum Gasteiger partial charge on any atom is 0.292 e. The van der Waals surface area contributed by atoms with Gasteiger partial charge in [-0.05, 0) is 25.0 Å². The summed E-state index contributed by atoms with van der Waals surface area (Å²) in [5, 5.41) is 20.4. The van der Waals surface area contributed by atoms with Gasteiger partial charge in [-0.15, -0.1) is 0 Å². The molecule has 1 N–H and O–H groups in total. The Morgan fingerprint density at radius 2 is 2.06 bits per heavy atom. The van der Waals surface area contributed by atoms with Crippen molar-refractivity contribution in [1.29, 1.82) is 0 Å². The number of carbonyl (C=O) groups excluding carboxylic acids is 1. The smallest absolute Gasteiger partial charge is 0.292 e. The van der Waals surface area contributed by atoms with E-state index in [0.717, 1.165) is 0 Å². The molecule has 0 atom stereocenters. The Labute approximate surface area is 104 Å². The van der Waals surface area contributed by atoms with Crippen molar-refractivity contribution in [1.82, 2.24) is 0 Å². The zero-order valence-corrected chi connectivity index (χ0v) is 9.78. The Morgan fingerprint density at radius 1 is 1.39 bits per heavy atom. The highest BCUT2D eigenvalue weighted by atomic mass is 16.6. The van der Waals surface area contributed by atoms with Gasteiger partial charge in [0.25, 0.3) is 5.69 Å². The molecule has 0 spiro atoms. The first-order chi connectivity index (χ1) is 8.61. The summed E-state index contributed by atoms with van der Waals surface area (Å²) < 4.78 is 0. The van der Waals surface area contributed by atoms with Crippen LogP contribution in [-0.2, 0) is 0 Å². The van der Waals surface area contributed by atoms with Crippen LogP contribution < -0.4 is 4.90 Å². The minimum absolute atomic E-state index is 0.00279. The number of benzene rings is 1. The monoisotopic (exact) mass is 250 g/mol. The predicted molar refractivity (Wildman–Crippen MR) is 65.9 cm³/mol. The molecule has 2 rings (SSSR count). The van der Waals surface area contributed by atoms with Gasteiger partial charge >= 0.3 is 0 Å². The van der Waals surface area contributed by atoms with Crippen molar-refractivity contribution in [2.24, 2.45) is 0 Å². The highest BCUT2D eigenvalue weighted by Gasteiger charge is 2.24. The molecule has 6 heteroatoms. The number of hydrogen-bond donors (Lipinski definition) is 1. The van der Waals surface area contributed by atoms with Crippen LogP contribution in [0.5, 0.6) is 0 Å². The average molecular weight is 250 g/mol. The molecule has 1 heterocycles. The number of nitro benzene ring substituents is 1. The quantitative estimate of drug-likeness (QED) is 0.497. The van der Waals surface area contributed by atoms with Crippen LogP contribution in [0.1, 0.15) is 23.2 Å². The van der Waals surface area contributed by atoms with Crippen LogP contribution in [0.25, 0.3) is 0 Å². The number of nitrogens with zero attached hydrogens (tertiary/aromatic N) is 2. The number of aldehydes is 1. The van der Waals surface area contributed by atoms with Gasteiger partial charge in [0.2, 0.25) is 0 Å². The third-order valence-corrected chi connectivity index (χ3v) is 3.14. The van der Waals surface area contributed by atoms with Crippen molar-refractivity contribution < 1.29 is 14.8 Å². The Morgan fingerprint density at radius 3 is 2.61 bits per heavy atom. The summed E-state index contributed by atoms with van der Waals surface area (Å²) in [4.78, 5) is 23.1. The van der Waals surface area contributed by atoms with E-state index in [2.05, 4.69) is 0 Å². The van der Waals surface area contributed by atoms with Crippen LogP contribution >= 0.6 is 0 Å². The number of anilines is 1. The van der Waals surface area contributed by atoms with E-state index in [4.69, 9.17) is 0 Å². The standard InChI is InChI=1S/C12H14N2O4/c15-8-9-1-2-11(14(17)18)12(7-9)13-5-3-10(16)4-6-13/h1-2,7-8,10,16H,3-6H2. The fourth-order valence-corrected chi connectivity index (χ4v) is 2.13. The normalized spacial score (nSPS) is 16.6. The van der Waals surface area contributed by atoms with Gasteiger partial charge in [0.05, 0.1) is 11.0 Å². The maximum atomic E-state index is 11.0. The summed E-state index contributed by atoms with van der Waals surface area (Å²) in [6, 6.07) is 4.32. The zero-order valence-electron chi connectivity index (χ0n) is 9.78. The van der Waals surface area contributed by atoms with E-state index in [9.17, 15) is 20.0 Å². The van der Waals surface area contributed by atoms with E-state index in [1.165, 1.54) is 18.2 Å². The summed E-state index contributed by atoms with van der Waals surface area (Å²) in [5.74, 6) is 0. The average Bonchev–Trinajstić information content (AvgIpc) is 2.38.